The molecule has 2 N–H and O–H groups in total. The summed E-state index contributed by atoms with van der Waals surface area (Å²) in [6, 6.07) is 6.17. The van der Waals surface area contributed by atoms with Gasteiger partial charge in [-0.05, 0) is 38.5 Å². The molecule has 0 aliphatic rings. The highest BCUT2D eigenvalue weighted by Crippen LogP contribution is 2.25. The van der Waals surface area contributed by atoms with Crippen molar-refractivity contribution in [3.63, 3.8) is 0 Å². The van der Waals surface area contributed by atoms with E-state index in [1.54, 1.807) is 0 Å². The first-order valence-corrected chi connectivity index (χ1v) is 4.72. The van der Waals surface area contributed by atoms with E-state index in [2.05, 4.69) is 24.0 Å². The van der Waals surface area contributed by atoms with Crippen LogP contribution < -0.4 is 5.73 Å². The summed E-state index contributed by atoms with van der Waals surface area (Å²) in [5, 5.41) is 1.06. The van der Waals surface area contributed by atoms with Crippen molar-refractivity contribution in [1.82, 2.24) is 4.98 Å². The molecule has 1 aromatic heterocycles. The van der Waals surface area contributed by atoms with Gasteiger partial charge in [-0.1, -0.05) is 11.6 Å². The van der Waals surface area contributed by atoms with Gasteiger partial charge in [-0.3, -0.25) is 4.98 Å². The molecule has 0 atom stereocenters. The highest BCUT2D eigenvalue weighted by molar-refractivity contribution is 5.92. The maximum Gasteiger partial charge on any atom is 0.0726 e. The number of hydrogen-bond donors (Lipinski definition) is 1. The van der Waals surface area contributed by atoms with Gasteiger partial charge in [0, 0.05) is 16.8 Å². The molecule has 0 aliphatic carbocycles. The molecule has 2 nitrogen and oxygen atoms in total. The summed E-state index contributed by atoms with van der Waals surface area (Å²) in [6.45, 7) is 6.07. The predicted molar refractivity (Wildman–Crippen MR) is 60.4 cm³/mol. The fourth-order valence-electron chi connectivity index (χ4n) is 1.62. The molecule has 2 heteroatoms. The molecule has 2 aromatic rings. The van der Waals surface area contributed by atoms with Gasteiger partial charge in [0.1, 0.15) is 0 Å². The second-order valence-corrected chi connectivity index (χ2v) is 3.76. The fourth-order valence-corrected chi connectivity index (χ4v) is 1.62. The van der Waals surface area contributed by atoms with Gasteiger partial charge in [0.25, 0.3) is 0 Å². The van der Waals surface area contributed by atoms with Crippen molar-refractivity contribution in [1.29, 1.82) is 0 Å². The maximum absolute atomic E-state index is 6.05. The van der Waals surface area contributed by atoms with Crippen molar-refractivity contribution >= 4 is 16.6 Å². The molecule has 0 saturated heterocycles. The summed E-state index contributed by atoms with van der Waals surface area (Å²) in [7, 11) is 0. The molecule has 0 saturated carbocycles. The van der Waals surface area contributed by atoms with Crippen molar-refractivity contribution in [2.75, 3.05) is 5.73 Å². The highest BCUT2D eigenvalue weighted by atomic mass is 14.7. The van der Waals surface area contributed by atoms with Crippen molar-refractivity contribution in [3.8, 4) is 0 Å². The lowest BCUT2D eigenvalue weighted by molar-refractivity contribution is 1.20. The van der Waals surface area contributed by atoms with Crippen LogP contribution in [0.25, 0.3) is 10.9 Å². The van der Waals surface area contributed by atoms with Crippen molar-refractivity contribution in [2.24, 2.45) is 0 Å². The Morgan fingerprint density at radius 3 is 2.57 bits per heavy atom. The Hall–Kier alpha value is -1.57. The van der Waals surface area contributed by atoms with E-state index < -0.39 is 0 Å². The molecule has 0 bridgehead atoms. The summed E-state index contributed by atoms with van der Waals surface area (Å²) in [5.74, 6) is 0. The van der Waals surface area contributed by atoms with Crippen LogP contribution in [0.3, 0.4) is 0 Å². The number of aromatic nitrogens is 1. The predicted octanol–water partition coefficient (Wildman–Crippen LogP) is 2.74. The average molecular weight is 186 g/mol. The van der Waals surface area contributed by atoms with Crippen molar-refractivity contribution in [3.05, 3.63) is 35.0 Å². The third kappa shape index (κ3) is 1.23. The Bertz CT molecular complexity index is 501. The number of nitrogens with two attached hydrogens (primary N) is 1. The number of nitrogen functional groups attached to an aromatic ring is 1. The Labute approximate surface area is 83.8 Å². The van der Waals surface area contributed by atoms with Gasteiger partial charge < -0.3 is 5.73 Å². The van der Waals surface area contributed by atoms with E-state index in [-0.39, 0.29) is 0 Å². The molecule has 72 valence electrons. The van der Waals surface area contributed by atoms with Crippen LogP contribution in [0.1, 0.15) is 16.8 Å². The van der Waals surface area contributed by atoms with Gasteiger partial charge in [-0.2, -0.15) is 0 Å². The van der Waals surface area contributed by atoms with Crippen LogP contribution in [-0.2, 0) is 0 Å². The molecular formula is C12H14N2. The van der Waals surface area contributed by atoms with Gasteiger partial charge in [0.05, 0.1) is 5.52 Å². The van der Waals surface area contributed by atoms with Crippen molar-refractivity contribution in [2.45, 2.75) is 20.8 Å². The second kappa shape index (κ2) is 2.98. The van der Waals surface area contributed by atoms with Crippen molar-refractivity contribution < 1.29 is 0 Å². The van der Waals surface area contributed by atoms with Gasteiger partial charge in [-0.25, -0.2) is 0 Å². The van der Waals surface area contributed by atoms with Gasteiger partial charge in [0.2, 0.25) is 0 Å². The van der Waals surface area contributed by atoms with Gasteiger partial charge in [-0.15, -0.1) is 0 Å². The Kier molecular flexibility index (Phi) is 1.92. The normalized spacial score (nSPS) is 10.8. The van der Waals surface area contributed by atoms with Crippen LogP contribution in [0.5, 0.6) is 0 Å². The topological polar surface area (TPSA) is 38.9 Å². The number of nitrogens with zero attached hydrogens (tertiary/aromatic N) is 1. The van der Waals surface area contributed by atoms with E-state index in [9.17, 15) is 0 Å². The van der Waals surface area contributed by atoms with Crippen LogP contribution in [0.2, 0.25) is 0 Å². The lowest BCUT2D eigenvalue weighted by Gasteiger charge is -2.08. The zero-order valence-electron chi connectivity index (χ0n) is 8.76. The molecular weight excluding hydrogens is 172 g/mol. The Morgan fingerprint density at radius 2 is 1.86 bits per heavy atom. The van der Waals surface area contributed by atoms with Crippen LogP contribution >= 0.6 is 0 Å². The third-order valence-corrected chi connectivity index (χ3v) is 2.68. The number of rotatable bonds is 0. The molecule has 0 fully saturated rings. The first kappa shape index (κ1) is 9.00. The zero-order valence-corrected chi connectivity index (χ0v) is 8.76. The van der Waals surface area contributed by atoms with Crippen LogP contribution in [-0.4, -0.2) is 4.98 Å². The maximum atomic E-state index is 6.05. The number of hydrogen-bond acceptors (Lipinski definition) is 2. The van der Waals surface area contributed by atoms with E-state index in [1.807, 2.05) is 19.9 Å². The number of pyridine rings is 1. The molecule has 0 spiro atoms. The Morgan fingerprint density at radius 1 is 1.14 bits per heavy atom. The number of aryl methyl sites for hydroxylation is 2. The quantitative estimate of drug-likeness (QED) is 0.687. The van der Waals surface area contributed by atoms with Crippen LogP contribution in [0, 0.1) is 20.8 Å². The Balaban J connectivity index is 2.92. The lowest BCUT2D eigenvalue weighted by Crippen LogP contribution is -1.97. The third-order valence-electron chi connectivity index (χ3n) is 2.68. The van der Waals surface area contributed by atoms with E-state index in [0.29, 0.717) is 0 Å². The van der Waals surface area contributed by atoms with E-state index in [4.69, 9.17) is 5.73 Å². The minimum Gasteiger partial charge on any atom is -0.398 e. The highest BCUT2D eigenvalue weighted by Gasteiger charge is 2.05. The minimum absolute atomic E-state index is 0.858. The summed E-state index contributed by atoms with van der Waals surface area (Å²) >= 11 is 0. The summed E-state index contributed by atoms with van der Waals surface area (Å²) in [5.41, 5.74) is 11.2. The zero-order chi connectivity index (χ0) is 10.3. The smallest absolute Gasteiger partial charge is 0.0726 e. The standard InChI is InChI=1S/C12H14N2/c1-7-4-5-11-10(6-7)12(13)8(2)9(3)14-11/h4-6H,1-3H3,(H2,13,14). The monoisotopic (exact) mass is 186 g/mol. The summed E-state index contributed by atoms with van der Waals surface area (Å²) in [6.07, 6.45) is 0. The van der Waals surface area contributed by atoms with E-state index in [0.717, 1.165) is 27.8 Å². The molecule has 0 unspecified atom stereocenters. The lowest BCUT2D eigenvalue weighted by atomic mass is 10.1. The molecule has 2 rings (SSSR count). The molecule has 0 amide bonds. The SMILES string of the molecule is Cc1ccc2nc(C)c(C)c(N)c2c1. The fraction of sp³-hybridized carbons (Fsp3) is 0.250. The largest absolute Gasteiger partial charge is 0.398 e. The average Bonchev–Trinajstić information content (AvgIpc) is 2.16. The molecule has 0 radical (unpaired) electrons. The molecule has 1 aromatic carbocycles. The first-order valence-electron chi connectivity index (χ1n) is 4.72. The van der Waals surface area contributed by atoms with Gasteiger partial charge >= 0.3 is 0 Å². The first-order chi connectivity index (χ1) is 6.59. The number of fused-ring (bicyclic) bond motifs is 1. The van der Waals surface area contributed by atoms with Crippen LogP contribution in [0.15, 0.2) is 18.2 Å². The number of benzene rings is 1. The van der Waals surface area contributed by atoms with E-state index in [1.165, 1.54) is 5.56 Å². The summed E-state index contributed by atoms with van der Waals surface area (Å²) < 4.78 is 0. The molecule has 0 aliphatic heterocycles. The van der Waals surface area contributed by atoms with Gasteiger partial charge in [0.15, 0.2) is 0 Å². The van der Waals surface area contributed by atoms with Crippen LogP contribution in [0.4, 0.5) is 5.69 Å². The van der Waals surface area contributed by atoms with E-state index >= 15 is 0 Å². The molecule has 14 heavy (non-hydrogen) atoms. The second-order valence-electron chi connectivity index (χ2n) is 3.76. The molecule has 1 heterocycles. The minimum atomic E-state index is 0.858. The number of anilines is 1. The summed E-state index contributed by atoms with van der Waals surface area (Å²) in [4.78, 5) is 4.50.